The van der Waals surface area contributed by atoms with Crippen LogP contribution in [0.4, 0.5) is 5.69 Å². The highest BCUT2D eigenvalue weighted by Gasteiger charge is 2.43. The fraction of sp³-hybridized carbons (Fsp3) is 0.429. The lowest BCUT2D eigenvalue weighted by atomic mass is 10.1. The highest BCUT2D eigenvalue weighted by atomic mass is 35.5. The zero-order chi connectivity index (χ0) is 14.3. The van der Waals surface area contributed by atoms with E-state index in [4.69, 9.17) is 16.3 Å². The summed E-state index contributed by atoms with van der Waals surface area (Å²) < 4.78 is 5.26. The SMILES string of the molecule is COc1ccc(Cl)cc1N1CC(=O)NC(C2CC2)C1=O. The second-order valence-electron chi connectivity index (χ2n) is 5.12. The molecule has 1 aliphatic heterocycles. The van der Waals surface area contributed by atoms with E-state index in [9.17, 15) is 9.59 Å². The van der Waals surface area contributed by atoms with Crippen molar-refractivity contribution in [3.8, 4) is 5.75 Å². The molecule has 1 unspecified atom stereocenters. The van der Waals surface area contributed by atoms with Crippen molar-refractivity contribution in [2.75, 3.05) is 18.6 Å². The number of nitrogens with zero attached hydrogens (tertiary/aromatic N) is 1. The second kappa shape index (κ2) is 4.98. The average molecular weight is 295 g/mol. The van der Waals surface area contributed by atoms with E-state index in [1.165, 1.54) is 12.0 Å². The number of benzene rings is 1. The molecule has 1 aromatic carbocycles. The van der Waals surface area contributed by atoms with Gasteiger partial charge in [0, 0.05) is 5.02 Å². The van der Waals surface area contributed by atoms with Crippen LogP contribution in [0.1, 0.15) is 12.8 Å². The van der Waals surface area contributed by atoms with Gasteiger partial charge in [0.1, 0.15) is 18.3 Å². The monoisotopic (exact) mass is 294 g/mol. The summed E-state index contributed by atoms with van der Waals surface area (Å²) in [6, 6.07) is 4.63. The number of amides is 2. The third-order valence-electron chi connectivity index (χ3n) is 3.68. The van der Waals surface area contributed by atoms with Gasteiger partial charge in [-0.2, -0.15) is 0 Å². The fourth-order valence-corrected chi connectivity index (χ4v) is 2.66. The summed E-state index contributed by atoms with van der Waals surface area (Å²) in [4.78, 5) is 25.9. The minimum absolute atomic E-state index is 0.00123. The molecule has 1 heterocycles. The number of anilines is 1. The quantitative estimate of drug-likeness (QED) is 0.921. The molecule has 0 bridgehead atoms. The van der Waals surface area contributed by atoms with Crippen molar-refractivity contribution < 1.29 is 14.3 Å². The van der Waals surface area contributed by atoms with Crippen molar-refractivity contribution in [2.24, 2.45) is 5.92 Å². The van der Waals surface area contributed by atoms with E-state index >= 15 is 0 Å². The van der Waals surface area contributed by atoms with Crippen molar-refractivity contribution in [3.63, 3.8) is 0 Å². The first kappa shape index (κ1) is 13.2. The van der Waals surface area contributed by atoms with Gasteiger partial charge in [0.2, 0.25) is 11.8 Å². The summed E-state index contributed by atoms with van der Waals surface area (Å²) in [5.41, 5.74) is 0.547. The number of carbonyl (C=O) groups excluding carboxylic acids is 2. The predicted molar refractivity (Wildman–Crippen MR) is 75.0 cm³/mol. The van der Waals surface area contributed by atoms with Crippen LogP contribution in [-0.2, 0) is 9.59 Å². The topological polar surface area (TPSA) is 58.6 Å². The minimum atomic E-state index is -0.417. The van der Waals surface area contributed by atoms with Crippen LogP contribution in [0.3, 0.4) is 0 Å². The Kier molecular flexibility index (Phi) is 3.30. The van der Waals surface area contributed by atoms with E-state index in [1.54, 1.807) is 18.2 Å². The van der Waals surface area contributed by atoms with Gasteiger partial charge in [-0.15, -0.1) is 0 Å². The summed E-state index contributed by atoms with van der Waals surface area (Å²) >= 11 is 5.99. The largest absolute Gasteiger partial charge is 0.495 e. The lowest BCUT2D eigenvalue weighted by Gasteiger charge is -2.33. The normalized spacial score (nSPS) is 22.7. The van der Waals surface area contributed by atoms with Crippen LogP contribution in [0.5, 0.6) is 5.75 Å². The molecule has 6 heteroatoms. The standard InChI is InChI=1S/C14H15ClN2O3/c1-20-11-5-4-9(15)6-10(11)17-7-12(18)16-13(14(17)19)8-2-3-8/h4-6,8,13H,2-3,7H2,1H3,(H,16,18). The van der Waals surface area contributed by atoms with Crippen LogP contribution in [0.15, 0.2) is 18.2 Å². The van der Waals surface area contributed by atoms with Gasteiger partial charge in [-0.3, -0.25) is 14.5 Å². The van der Waals surface area contributed by atoms with E-state index in [1.807, 2.05) is 0 Å². The molecule has 106 valence electrons. The highest BCUT2D eigenvalue weighted by molar-refractivity contribution is 6.31. The maximum Gasteiger partial charge on any atom is 0.250 e. The Morgan fingerprint density at radius 1 is 1.35 bits per heavy atom. The third kappa shape index (κ3) is 2.33. The summed E-state index contributed by atoms with van der Waals surface area (Å²) in [5.74, 6) is 0.558. The van der Waals surface area contributed by atoms with Crippen LogP contribution in [0.2, 0.25) is 5.02 Å². The number of hydrogen-bond donors (Lipinski definition) is 1. The number of ether oxygens (including phenoxy) is 1. The van der Waals surface area contributed by atoms with E-state index < -0.39 is 6.04 Å². The molecule has 3 rings (SSSR count). The zero-order valence-electron chi connectivity index (χ0n) is 11.1. The van der Waals surface area contributed by atoms with Gasteiger partial charge in [0.15, 0.2) is 0 Å². The minimum Gasteiger partial charge on any atom is -0.495 e. The summed E-state index contributed by atoms with van der Waals surface area (Å²) in [6.45, 7) is -0.00123. The number of carbonyl (C=O) groups is 2. The molecule has 2 aliphatic rings. The smallest absolute Gasteiger partial charge is 0.250 e. The van der Waals surface area contributed by atoms with Gasteiger partial charge < -0.3 is 10.1 Å². The molecule has 0 radical (unpaired) electrons. The maximum absolute atomic E-state index is 12.5. The van der Waals surface area contributed by atoms with Crippen LogP contribution in [0, 0.1) is 5.92 Å². The fourth-order valence-electron chi connectivity index (χ4n) is 2.50. The number of rotatable bonds is 3. The van der Waals surface area contributed by atoms with E-state index in [0.29, 0.717) is 16.5 Å². The molecular formula is C14H15ClN2O3. The van der Waals surface area contributed by atoms with Crippen molar-refractivity contribution >= 4 is 29.1 Å². The first-order valence-corrected chi connectivity index (χ1v) is 6.92. The Morgan fingerprint density at radius 3 is 2.75 bits per heavy atom. The molecule has 1 saturated carbocycles. The van der Waals surface area contributed by atoms with Gasteiger partial charge >= 0.3 is 0 Å². The zero-order valence-corrected chi connectivity index (χ0v) is 11.8. The average Bonchev–Trinajstić information content (AvgIpc) is 3.25. The summed E-state index contributed by atoms with van der Waals surface area (Å²) in [5, 5.41) is 3.28. The van der Waals surface area contributed by atoms with Gasteiger partial charge in [0.05, 0.1) is 12.8 Å². The van der Waals surface area contributed by atoms with Gasteiger partial charge in [-0.05, 0) is 37.0 Å². The van der Waals surface area contributed by atoms with E-state index in [-0.39, 0.29) is 24.3 Å². The number of nitrogens with one attached hydrogen (secondary N) is 1. The van der Waals surface area contributed by atoms with Crippen molar-refractivity contribution in [3.05, 3.63) is 23.2 Å². The van der Waals surface area contributed by atoms with Crippen LogP contribution in [0.25, 0.3) is 0 Å². The number of piperazine rings is 1. The molecular weight excluding hydrogens is 280 g/mol. The Hall–Kier alpha value is -1.75. The Morgan fingerprint density at radius 2 is 2.10 bits per heavy atom. The molecule has 1 aliphatic carbocycles. The molecule has 1 atom stereocenters. The first-order chi connectivity index (χ1) is 9.60. The number of hydrogen-bond acceptors (Lipinski definition) is 3. The van der Waals surface area contributed by atoms with Crippen molar-refractivity contribution in [1.82, 2.24) is 5.32 Å². The maximum atomic E-state index is 12.5. The molecule has 20 heavy (non-hydrogen) atoms. The Labute approximate surface area is 121 Å². The first-order valence-electron chi connectivity index (χ1n) is 6.54. The molecule has 0 spiro atoms. The van der Waals surface area contributed by atoms with E-state index in [0.717, 1.165) is 12.8 Å². The number of halogens is 1. The predicted octanol–water partition coefficient (Wildman–Crippen LogP) is 1.59. The molecule has 1 aromatic rings. The summed E-state index contributed by atoms with van der Waals surface area (Å²) in [6.07, 6.45) is 1.97. The third-order valence-corrected chi connectivity index (χ3v) is 3.91. The molecule has 1 saturated heterocycles. The van der Waals surface area contributed by atoms with Crippen LogP contribution in [-0.4, -0.2) is 31.5 Å². The van der Waals surface area contributed by atoms with Gasteiger partial charge in [-0.25, -0.2) is 0 Å². The number of methoxy groups -OCH3 is 1. The molecule has 1 N–H and O–H groups in total. The Bertz CT molecular complexity index is 572. The molecule has 5 nitrogen and oxygen atoms in total. The van der Waals surface area contributed by atoms with Crippen LogP contribution >= 0.6 is 11.6 Å². The molecule has 2 amide bonds. The molecule has 2 fully saturated rings. The van der Waals surface area contributed by atoms with Crippen LogP contribution < -0.4 is 15.0 Å². The molecule has 0 aromatic heterocycles. The van der Waals surface area contributed by atoms with Crippen molar-refractivity contribution in [2.45, 2.75) is 18.9 Å². The van der Waals surface area contributed by atoms with Crippen molar-refractivity contribution in [1.29, 1.82) is 0 Å². The lowest BCUT2D eigenvalue weighted by molar-refractivity contribution is -0.131. The highest BCUT2D eigenvalue weighted by Crippen LogP contribution is 2.37. The van der Waals surface area contributed by atoms with Gasteiger partial charge in [-0.1, -0.05) is 11.6 Å². The lowest BCUT2D eigenvalue weighted by Crippen LogP contribution is -2.59. The van der Waals surface area contributed by atoms with E-state index in [2.05, 4.69) is 5.32 Å². The van der Waals surface area contributed by atoms with Gasteiger partial charge in [0.25, 0.3) is 0 Å². The Balaban J connectivity index is 1.97. The summed E-state index contributed by atoms with van der Waals surface area (Å²) in [7, 11) is 1.53. The second-order valence-corrected chi connectivity index (χ2v) is 5.56.